The van der Waals surface area contributed by atoms with Crippen LogP contribution in [0.5, 0.6) is 0 Å². The van der Waals surface area contributed by atoms with Gasteiger partial charge in [0.05, 0.1) is 24.5 Å². The van der Waals surface area contributed by atoms with Gasteiger partial charge in [0.25, 0.3) is 0 Å². The predicted octanol–water partition coefficient (Wildman–Crippen LogP) is -0.249. The van der Waals surface area contributed by atoms with Gasteiger partial charge in [-0.3, -0.25) is 9.69 Å². The van der Waals surface area contributed by atoms with Crippen LogP contribution in [0.1, 0.15) is 17.3 Å². The molecule has 0 bridgehead atoms. The molecule has 3 N–H and O–H groups in total. The van der Waals surface area contributed by atoms with E-state index in [0.29, 0.717) is 11.3 Å². The summed E-state index contributed by atoms with van der Waals surface area (Å²) in [5.41, 5.74) is 0.926. The number of rotatable bonds is 5. The van der Waals surface area contributed by atoms with E-state index in [1.54, 1.807) is 31.2 Å². The Morgan fingerprint density at radius 3 is 2.58 bits per heavy atom. The van der Waals surface area contributed by atoms with Crippen molar-refractivity contribution in [2.75, 3.05) is 23.9 Å². The molecule has 142 valence electrons. The number of thioether (sulfide) groups is 1. The van der Waals surface area contributed by atoms with Gasteiger partial charge in [-0.25, -0.2) is 4.79 Å². The number of hydrogen-bond donors (Lipinski definition) is 3. The Balaban J connectivity index is 1.81. The number of esters is 1. The lowest BCUT2D eigenvalue weighted by Crippen LogP contribution is -2.46. The minimum absolute atomic E-state index is 0.165. The zero-order valence-electron chi connectivity index (χ0n) is 14.1. The first-order valence-corrected chi connectivity index (χ1v) is 9.36. The second-order valence-corrected chi connectivity index (χ2v) is 7.14. The molecule has 2 aliphatic rings. The topological polar surface area (TPSA) is 117 Å². The summed E-state index contributed by atoms with van der Waals surface area (Å²) >= 11 is 1.29. The zero-order chi connectivity index (χ0) is 18.8. The number of ether oxygens (including phenoxy) is 2. The summed E-state index contributed by atoms with van der Waals surface area (Å²) in [5.74, 6) is -0.403. The molecule has 0 saturated carbocycles. The molecule has 26 heavy (non-hydrogen) atoms. The van der Waals surface area contributed by atoms with Crippen molar-refractivity contribution < 1.29 is 34.4 Å². The highest BCUT2D eigenvalue weighted by molar-refractivity contribution is 8.01. The van der Waals surface area contributed by atoms with Gasteiger partial charge in [0.2, 0.25) is 5.91 Å². The molecule has 1 amide bonds. The Morgan fingerprint density at radius 2 is 2.00 bits per heavy atom. The monoisotopic (exact) mass is 383 g/mol. The first kappa shape index (κ1) is 19.1. The Labute approximate surface area is 154 Å². The van der Waals surface area contributed by atoms with Crippen LogP contribution in [0.4, 0.5) is 5.69 Å². The van der Waals surface area contributed by atoms with Gasteiger partial charge in [-0.05, 0) is 31.2 Å². The van der Waals surface area contributed by atoms with Crippen LogP contribution < -0.4 is 4.90 Å². The van der Waals surface area contributed by atoms with Gasteiger partial charge in [0.1, 0.15) is 29.8 Å². The summed E-state index contributed by atoms with van der Waals surface area (Å²) < 4.78 is 10.5. The molecular weight excluding hydrogens is 362 g/mol. The van der Waals surface area contributed by atoms with Crippen LogP contribution in [-0.2, 0) is 14.3 Å². The normalized spacial score (nSPS) is 31.5. The van der Waals surface area contributed by atoms with Gasteiger partial charge in [-0.15, -0.1) is 11.8 Å². The number of aliphatic hydroxyl groups is 3. The lowest BCUT2D eigenvalue weighted by molar-refractivity contribution is -0.116. The molecule has 5 atom stereocenters. The average Bonchev–Trinajstić information content (AvgIpc) is 3.15. The molecule has 0 radical (unpaired) electrons. The first-order valence-electron chi connectivity index (χ1n) is 8.31. The van der Waals surface area contributed by atoms with Crippen molar-refractivity contribution in [3.05, 3.63) is 29.8 Å². The van der Waals surface area contributed by atoms with E-state index in [9.17, 15) is 24.9 Å². The fraction of sp³-hybridized carbons (Fsp3) is 0.529. The third kappa shape index (κ3) is 3.45. The lowest BCUT2D eigenvalue weighted by Gasteiger charge is -2.30. The molecule has 0 aromatic heterocycles. The van der Waals surface area contributed by atoms with Crippen LogP contribution in [0.15, 0.2) is 24.3 Å². The van der Waals surface area contributed by atoms with Crippen molar-refractivity contribution >= 4 is 29.3 Å². The molecule has 0 aliphatic carbocycles. The summed E-state index contributed by atoms with van der Waals surface area (Å²) in [7, 11) is 0. The fourth-order valence-electron chi connectivity index (χ4n) is 3.11. The van der Waals surface area contributed by atoms with Gasteiger partial charge in [0, 0.05) is 5.69 Å². The largest absolute Gasteiger partial charge is 0.462 e. The minimum atomic E-state index is -1.21. The third-order valence-corrected chi connectivity index (χ3v) is 5.65. The van der Waals surface area contributed by atoms with Gasteiger partial charge in [0.15, 0.2) is 0 Å². The highest BCUT2D eigenvalue weighted by atomic mass is 32.2. The van der Waals surface area contributed by atoms with Crippen molar-refractivity contribution in [3.63, 3.8) is 0 Å². The number of amides is 1. The van der Waals surface area contributed by atoms with E-state index in [1.807, 2.05) is 0 Å². The summed E-state index contributed by atoms with van der Waals surface area (Å²) in [4.78, 5) is 25.6. The van der Waals surface area contributed by atoms with E-state index in [-0.39, 0.29) is 18.3 Å². The molecule has 2 saturated heterocycles. The van der Waals surface area contributed by atoms with Crippen LogP contribution in [0.3, 0.4) is 0 Å². The number of aliphatic hydroxyl groups excluding tert-OH is 3. The maximum atomic E-state index is 12.4. The smallest absolute Gasteiger partial charge is 0.338 e. The quantitative estimate of drug-likeness (QED) is 0.596. The lowest BCUT2D eigenvalue weighted by atomic mass is 10.1. The highest BCUT2D eigenvalue weighted by Gasteiger charge is 2.50. The van der Waals surface area contributed by atoms with Gasteiger partial charge in [-0.1, -0.05) is 0 Å². The molecule has 3 rings (SSSR count). The SMILES string of the molecule is CCOC(=O)c1ccc(N2C(=O)CS[C@H]2[C@H]2O[C@H](CO)[C@@H](O)[C@@H]2O)cc1. The molecule has 0 unspecified atom stereocenters. The molecule has 1 aromatic carbocycles. The van der Waals surface area contributed by atoms with E-state index >= 15 is 0 Å². The summed E-state index contributed by atoms with van der Waals surface area (Å²) in [6, 6.07) is 6.39. The van der Waals surface area contributed by atoms with Crippen molar-refractivity contribution in [3.8, 4) is 0 Å². The second-order valence-electron chi connectivity index (χ2n) is 6.04. The van der Waals surface area contributed by atoms with E-state index in [0.717, 1.165) is 0 Å². The molecule has 8 nitrogen and oxygen atoms in total. The second kappa shape index (κ2) is 7.93. The standard InChI is InChI=1S/C17H21NO7S/c1-2-24-17(23)9-3-5-10(6-4-9)18-12(20)8-26-16(18)15-14(22)13(21)11(7-19)25-15/h3-6,11,13-16,19,21-22H,2,7-8H2,1H3/t11-,13-,14+,15+,16+/m1/s1. The van der Waals surface area contributed by atoms with E-state index in [1.165, 1.54) is 16.7 Å². The molecule has 9 heteroatoms. The molecule has 1 aromatic rings. The number of benzene rings is 1. The van der Waals surface area contributed by atoms with Crippen molar-refractivity contribution in [2.24, 2.45) is 0 Å². The molecule has 0 spiro atoms. The van der Waals surface area contributed by atoms with E-state index < -0.39 is 42.4 Å². The summed E-state index contributed by atoms with van der Waals surface area (Å²) in [6.07, 6.45) is -4.14. The number of carbonyl (C=O) groups excluding carboxylic acids is 2. The highest BCUT2D eigenvalue weighted by Crippen LogP contribution is 2.38. The molecule has 2 aliphatic heterocycles. The number of anilines is 1. The Bertz CT molecular complexity index is 668. The fourth-order valence-corrected chi connectivity index (χ4v) is 4.37. The van der Waals surface area contributed by atoms with Crippen LogP contribution in [-0.4, -0.2) is 76.0 Å². The van der Waals surface area contributed by atoms with Crippen LogP contribution in [0.2, 0.25) is 0 Å². The zero-order valence-corrected chi connectivity index (χ0v) is 15.0. The van der Waals surface area contributed by atoms with E-state index in [2.05, 4.69) is 0 Å². The van der Waals surface area contributed by atoms with Crippen LogP contribution in [0.25, 0.3) is 0 Å². The summed E-state index contributed by atoms with van der Waals surface area (Å²) in [6.45, 7) is 1.57. The molecule has 2 fully saturated rings. The Kier molecular flexibility index (Phi) is 5.83. The predicted molar refractivity (Wildman–Crippen MR) is 93.9 cm³/mol. The summed E-state index contributed by atoms with van der Waals surface area (Å²) in [5, 5.41) is 28.9. The minimum Gasteiger partial charge on any atom is -0.462 e. The van der Waals surface area contributed by atoms with Crippen LogP contribution in [0, 0.1) is 0 Å². The molecular formula is C17H21NO7S. The number of carbonyl (C=O) groups is 2. The average molecular weight is 383 g/mol. The molecule has 2 heterocycles. The van der Waals surface area contributed by atoms with Gasteiger partial charge < -0.3 is 24.8 Å². The Morgan fingerprint density at radius 1 is 1.31 bits per heavy atom. The van der Waals surface area contributed by atoms with Crippen LogP contribution >= 0.6 is 11.8 Å². The maximum Gasteiger partial charge on any atom is 0.338 e. The van der Waals surface area contributed by atoms with Crippen molar-refractivity contribution in [1.29, 1.82) is 0 Å². The number of nitrogens with zero attached hydrogens (tertiary/aromatic N) is 1. The van der Waals surface area contributed by atoms with Gasteiger partial charge >= 0.3 is 5.97 Å². The van der Waals surface area contributed by atoms with Gasteiger partial charge in [-0.2, -0.15) is 0 Å². The first-order chi connectivity index (χ1) is 12.5. The maximum absolute atomic E-state index is 12.4. The Hall–Kier alpha value is -1.65. The number of hydrogen-bond acceptors (Lipinski definition) is 8. The van der Waals surface area contributed by atoms with Crippen molar-refractivity contribution in [1.82, 2.24) is 0 Å². The third-order valence-electron chi connectivity index (χ3n) is 4.42. The van der Waals surface area contributed by atoms with Crippen molar-refractivity contribution in [2.45, 2.75) is 36.7 Å². The van der Waals surface area contributed by atoms with E-state index in [4.69, 9.17) is 9.47 Å².